The maximum Gasteiger partial charge on any atom is 0.230 e. The van der Waals surface area contributed by atoms with Gasteiger partial charge in [0.1, 0.15) is 0 Å². The first-order valence-electron chi connectivity index (χ1n) is 9.43. The van der Waals surface area contributed by atoms with Gasteiger partial charge in [-0.3, -0.25) is 4.79 Å². The monoisotopic (exact) mass is 430 g/mol. The molecule has 0 aromatic heterocycles. The Morgan fingerprint density at radius 2 is 1.78 bits per heavy atom. The van der Waals surface area contributed by atoms with Crippen molar-refractivity contribution in [2.75, 3.05) is 31.7 Å². The van der Waals surface area contributed by atoms with Gasteiger partial charge in [0.15, 0.2) is 0 Å². The molecule has 5 heteroatoms. The standard InChI is InChI=1S/C22H27BrN2O2/c1-17(25(2)20-6-4-3-5-7-20)16-24-21(26)22(12-14-27-15-13-22)18-8-10-19(23)11-9-18/h3-11,17H,12-16H2,1-2H3,(H,24,26). The summed E-state index contributed by atoms with van der Waals surface area (Å²) in [6.45, 7) is 3.96. The summed E-state index contributed by atoms with van der Waals surface area (Å²) in [5, 5.41) is 3.21. The van der Waals surface area contributed by atoms with E-state index in [2.05, 4.69) is 64.4 Å². The number of rotatable bonds is 6. The molecular formula is C22H27BrN2O2. The highest BCUT2D eigenvalue weighted by Gasteiger charge is 2.41. The van der Waals surface area contributed by atoms with E-state index in [4.69, 9.17) is 4.74 Å². The van der Waals surface area contributed by atoms with Gasteiger partial charge in [0.2, 0.25) is 5.91 Å². The van der Waals surface area contributed by atoms with Crippen LogP contribution < -0.4 is 10.2 Å². The number of likely N-dealkylation sites (N-methyl/N-ethyl adjacent to an activating group) is 1. The zero-order valence-electron chi connectivity index (χ0n) is 16.0. The van der Waals surface area contributed by atoms with Crippen LogP contribution in [0.25, 0.3) is 0 Å². The van der Waals surface area contributed by atoms with Crippen LogP contribution in [0.15, 0.2) is 59.1 Å². The average molecular weight is 431 g/mol. The van der Waals surface area contributed by atoms with Crippen molar-refractivity contribution in [2.45, 2.75) is 31.2 Å². The molecule has 1 aliphatic heterocycles. The molecule has 0 aliphatic carbocycles. The topological polar surface area (TPSA) is 41.6 Å². The Labute approximate surface area is 170 Å². The van der Waals surface area contributed by atoms with E-state index in [-0.39, 0.29) is 11.9 Å². The van der Waals surface area contributed by atoms with Crippen LogP contribution in [0.4, 0.5) is 5.69 Å². The number of hydrogen-bond donors (Lipinski definition) is 1. The van der Waals surface area contributed by atoms with Gasteiger partial charge in [0, 0.05) is 43.0 Å². The first kappa shape index (κ1) is 19.9. The van der Waals surface area contributed by atoms with E-state index < -0.39 is 5.41 Å². The van der Waals surface area contributed by atoms with Gasteiger partial charge in [-0.15, -0.1) is 0 Å². The Morgan fingerprint density at radius 1 is 1.15 bits per heavy atom. The Balaban J connectivity index is 1.70. The van der Waals surface area contributed by atoms with E-state index in [9.17, 15) is 4.79 Å². The van der Waals surface area contributed by atoms with E-state index >= 15 is 0 Å². The molecule has 144 valence electrons. The Hall–Kier alpha value is -1.85. The molecule has 2 aromatic carbocycles. The number of benzene rings is 2. The lowest BCUT2D eigenvalue weighted by atomic mass is 9.73. The van der Waals surface area contributed by atoms with Crippen molar-refractivity contribution in [3.63, 3.8) is 0 Å². The molecule has 3 rings (SSSR count). The third-order valence-corrected chi connectivity index (χ3v) is 6.09. The van der Waals surface area contributed by atoms with Crippen LogP contribution in [0, 0.1) is 0 Å². The Bertz CT molecular complexity index is 743. The van der Waals surface area contributed by atoms with E-state index in [1.54, 1.807) is 0 Å². The van der Waals surface area contributed by atoms with Crippen LogP contribution in [0.3, 0.4) is 0 Å². The minimum Gasteiger partial charge on any atom is -0.381 e. The smallest absolute Gasteiger partial charge is 0.230 e. The van der Waals surface area contributed by atoms with E-state index in [1.807, 2.05) is 30.3 Å². The molecule has 1 amide bonds. The lowest BCUT2D eigenvalue weighted by molar-refractivity contribution is -0.130. The highest BCUT2D eigenvalue weighted by molar-refractivity contribution is 9.10. The molecule has 1 fully saturated rings. The number of anilines is 1. The number of nitrogens with zero attached hydrogens (tertiary/aromatic N) is 1. The lowest BCUT2D eigenvalue weighted by Gasteiger charge is -2.37. The summed E-state index contributed by atoms with van der Waals surface area (Å²) in [6.07, 6.45) is 1.42. The number of amides is 1. The molecule has 1 aliphatic rings. The fourth-order valence-corrected chi connectivity index (χ4v) is 3.86. The van der Waals surface area contributed by atoms with Crippen molar-refractivity contribution in [3.05, 3.63) is 64.6 Å². The van der Waals surface area contributed by atoms with Crippen LogP contribution >= 0.6 is 15.9 Å². The van der Waals surface area contributed by atoms with Gasteiger partial charge in [-0.1, -0.05) is 46.3 Å². The number of hydrogen-bond acceptors (Lipinski definition) is 3. The zero-order chi connectivity index (χ0) is 19.3. The van der Waals surface area contributed by atoms with Crippen molar-refractivity contribution in [1.29, 1.82) is 0 Å². The first-order chi connectivity index (χ1) is 13.0. The van der Waals surface area contributed by atoms with Crippen molar-refractivity contribution in [2.24, 2.45) is 0 Å². The van der Waals surface area contributed by atoms with E-state index in [0.29, 0.717) is 32.6 Å². The van der Waals surface area contributed by atoms with Gasteiger partial charge >= 0.3 is 0 Å². The second-order valence-corrected chi connectivity index (χ2v) is 8.12. The Kier molecular flexibility index (Phi) is 6.55. The Morgan fingerprint density at radius 3 is 2.41 bits per heavy atom. The van der Waals surface area contributed by atoms with Gasteiger partial charge in [-0.05, 0) is 49.6 Å². The molecule has 0 bridgehead atoms. The molecule has 0 spiro atoms. The van der Waals surface area contributed by atoms with Gasteiger partial charge in [0.05, 0.1) is 5.41 Å². The normalized spacial score (nSPS) is 17.1. The molecule has 0 radical (unpaired) electrons. The van der Waals surface area contributed by atoms with Crippen molar-refractivity contribution < 1.29 is 9.53 Å². The maximum absolute atomic E-state index is 13.3. The molecule has 0 saturated carbocycles. The molecule has 1 N–H and O–H groups in total. The maximum atomic E-state index is 13.3. The highest BCUT2D eigenvalue weighted by Crippen LogP contribution is 2.35. The summed E-state index contributed by atoms with van der Waals surface area (Å²) < 4.78 is 6.56. The summed E-state index contributed by atoms with van der Waals surface area (Å²) >= 11 is 3.48. The predicted molar refractivity (Wildman–Crippen MR) is 113 cm³/mol. The number of carbonyl (C=O) groups is 1. The zero-order valence-corrected chi connectivity index (χ0v) is 17.5. The van der Waals surface area contributed by atoms with Crippen molar-refractivity contribution >= 4 is 27.5 Å². The van der Waals surface area contributed by atoms with Gasteiger partial charge in [-0.25, -0.2) is 0 Å². The fraction of sp³-hybridized carbons (Fsp3) is 0.409. The molecule has 27 heavy (non-hydrogen) atoms. The molecule has 1 atom stereocenters. The third-order valence-electron chi connectivity index (χ3n) is 5.56. The largest absolute Gasteiger partial charge is 0.381 e. The van der Waals surface area contributed by atoms with Gasteiger partial charge < -0.3 is 15.0 Å². The van der Waals surface area contributed by atoms with Crippen LogP contribution in [-0.4, -0.2) is 38.8 Å². The summed E-state index contributed by atoms with van der Waals surface area (Å²) in [4.78, 5) is 15.5. The highest BCUT2D eigenvalue weighted by atomic mass is 79.9. The van der Waals surface area contributed by atoms with Crippen LogP contribution in [-0.2, 0) is 14.9 Å². The molecule has 1 heterocycles. The van der Waals surface area contributed by atoms with E-state index in [0.717, 1.165) is 15.7 Å². The molecular weight excluding hydrogens is 404 g/mol. The second kappa shape index (κ2) is 8.89. The van der Waals surface area contributed by atoms with Crippen molar-refractivity contribution in [3.8, 4) is 0 Å². The number of nitrogens with one attached hydrogen (secondary N) is 1. The number of halogens is 1. The van der Waals surface area contributed by atoms with Gasteiger partial charge in [-0.2, -0.15) is 0 Å². The number of para-hydroxylation sites is 1. The van der Waals surface area contributed by atoms with E-state index in [1.165, 1.54) is 0 Å². The first-order valence-corrected chi connectivity index (χ1v) is 10.2. The predicted octanol–water partition coefficient (Wildman–Crippen LogP) is 4.14. The molecule has 1 unspecified atom stereocenters. The summed E-state index contributed by atoms with van der Waals surface area (Å²) in [6, 6.07) is 18.5. The fourth-order valence-electron chi connectivity index (χ4n) is 3.60. The molecule has 1 saturated heterocycles. The minimum absolute atomic E-state index is 0.0986. The number of carbonyl (C=O) groups excluding carboxylic acids is 1. The third kappa shape index (κ3) is 4.53. The molecule has 4 nitrogen and oxygen atoms in total. The van der Waals surface area contributed by atoms with Gasteiger partial charge in [0.25, 0.3) is 0 Å². The molecule has 2 aromatic rings. The average Bonchev–Trinajstić information content (AvgIpc) is 2.72. The van der Waals surface area contributed by atoms with Crippen LogP contribution in [0.5, 0.6) is 0 Å². The minimum atomic E-state index is -0.510. The summed E-state index contributed by atoms with van der Waals surface area (Å²) in [5.74, 6) is 0.0986. The van der Waals surface area contributed by atoms with Crippen molar-refractivity contribution in [1.82, 2.24) is 5.32 Å². The number of ether oxygens (including phenoxy) is 1. The lowest BCUT2D eigenvalue weighted by Crippen LogP contribution is -2.51. The second-order valence-electron chi connectivity index (χ2n) is 7.21. The van der Waals surface area contributed by atoms with Crippen LogP contribution in [0.2, 0.25) is 0 Å². The summed E-state index contributed by atoms with van der Waals surface area (Å²) in [7, 11) is 2.06. The quantitative estimate of drug-likeness (QED) is 0.748. The van der Waals surface area contributed by atoms with Crippen LogP contribution in [0.1, 0.15) is 25.3 Å². The summed E-state index contributed by atoms with van der Waals surface area (Å²) in [5.41, 5.74) is 1.70. The SMILES string of the molecule is CC(CNC(=O)C1(c2ccc(Br)cc2)CCOCC1)N(C)c1ccccc1.